The van der Waals surface area contributed by atoms with Crippen LogP contribution in [0.4, 0.5) is 0 Å². The molecule has 0 rings (SSSR count). The second-order valence-corrected chi connectivity index (χ2v) is 5.28. The molecule has 86 valence electrons. The molecule has 0 saturated heterocycles. The lowest BCUT2D eigenvalue weighted by Gasteiger charge is -2.17. The summed E-state index contributed by atoms with van der Waals surface area (Å²) < 4.78 is 23.5. The molecule has 1 unspecified atom stereocenters. The van der Waals surface area contributed by atoms with Crippen molar-refractivity contribution in [2.24, 2.45) is 17.0 Å². The Bertz CT molecular complexity index is 239. The van der Waals surface area contributed by atoms with Gasteiger partial charge in [0.15, 0.2) is 0 Å². The van der Waals surface area contributed by atoms with Crippen LogP contribution in [0.3, 0.4) is 0 Å². The predicted molar refractivity (Wildman–Crippen MR) is 55.8 cm³/mol. The Kier molecular flexibility index (Phi) is 6.26. The largest absolute Gasteiger partial charge is 0.396 e. The molecule has 0 bridgehead atoms. The van der Waals surface area contributed by atoms with Crippen LogP contribution in [-0.2, 0) is 10.2 Å². The van der Waals surface area contributed by atoms with Crippen LogP contribution in [0.25, 0.3) is 0 Å². The van der Waals surface area contributed by atoms with Crippen molar-refractivity contribution in [1.29, 1.82) is 0 Å². The van der Waals surface area contributed by atoms with Crippen molar-refractivity contribution in [2.45, 2.75) is 26.7 Å². The topological polar surface area (TPSA) is 92.4 Å². The van der Waals surface area contributed by atoms with Gasteiger partial charge in [-0.15, -0.1) is 0 Å². The van der Waals surface area contributed by atoms with Gasteiger partial charge < -0.3 is 5.11 Å². The molecule has 0 aromatic rings. The normalized spacial score (nSPS) is 14.6. The Morgan fingerprint density at radius 1 is 1.43 bits per heavy atom. The van der Waals surface area contributed by atoms with Crippen molar-refractivity contribution in [3.05, 3.63) is 0 Å². The maximum Gasteiger partial charge on any atom is 0.274 e. The maximum atomic E-state index is 10.6. The molecule has 0 aromatic carbocycles. The first kappa shape index (κ1) is 13.8. The number of rotatable bonds is 7. The molecule has 0 radical (unpaired) electrons. The van der Waals surface area contributed by atoms with Crippen molar-refractivity contribution < 1.29 is 13.5 Å². The summed E-state index contributed by atoms with van der Waals surface area (Å²) in [7, 11) is -3.60. The lowest BCUT2D eigenvalue weighted by Crippen LogP contribution is -2.35. The van der Waals surface area contributed by atoms with Gasteiger partial charge in [0.25, 0.3) is 10.2 Å². The third kappa shape index (κ3) is 8.43. The van der Waals surface area contributed by atoms with Gasteiger partial charge in [0.1, 0.15) is 0 Å². The first-order chi connectivity index (χ1) is 6.35. The summed E-state index contributed by atoms with van der Waals surface area (Å²) in [6.45, 7) is 4.49. The van der Waals surface area contributed by atoms with Gasteiger partial charge in [0.05, 0.1) is 0 Å². The average Bonchev–Trinajstić information content (AvgIpc) is 1.98. The van der Waals surface area contributed by atoms with E-state index >= 15 is 0 Å². The van der Waals surface area contributed by atoms with E-state index in [2.05, 4.69) is 18.6 Å². The van der Waals surface area contributed by atoms with E-state index in [1.807, 2.05) is 0 Å². The van der Waals surface area contributed by atoms with E-state index in [1.165, 1.54) is 0 Å². The highest BCUT2D eigenvalue weighted by atomic mass is 32.2. The second kappa shape index (κ2) is 6.34. The Morgan fingerprint density at radius 2 is 2.00 bits per heavy atom. The predicted octanol–water partition coefficient (Wildman–Crippen LogP) is -0.176. The molecular weight excluding hydrogens is 204 g/mol. The molecule has 0 spiro atoms. The van der Waals surface area contributed by atoms with E-state index in [9.17, 15) is 8.42 Å². The van der Waals surface area contributed by atoms with E-state index < -0.39 is 10.2 Å². The van der Waals surface area contributed by atoms with Gasteiger partial charge in [-0.1, -0.05) is 13.8 Å². The van der Waals surface area contributed by atoms with Gasteiger partial charge in [0.2, 0.25) is 0 Å². The minimum Gasteiger partial charge on any atom is -0.396 e. The Balaban J connectivity index is 3.96. The summed E-state index contributed by atoms with van der Waals surface area (Å²) in [6, 6.07) is 0. The van der Waals surface area contributed by atoms with Gasteiger partial charge >= 0.3 is 0 Å². The molecule has 5 nitrogen and oxygen atoms in total. The smallest absolute Gasteiger partial charge is 0.274 e. The third-order valence-electron chi connectivity index (χ3n) is 1.92. The van der Waals surface area contributed by atoms with Crippen molar-refractivity contribution in [3.8, 4) is 0 Å². The maximum absolute atomic E-state index is 10.6. The number of aliphatic hydroxyl groups is 1. The van der Waals surface area contributed by atoms with Gasteiger partial charge in [-0.2, -0.15) is 8.42 Å². The fraction of sp³-hybridized carbons (Fsp3) is 1.00. The SMILES string of the molecule is CC(C)CC(CCO)CNS(N)(=O)=O. The summed E-state index contributed by atoms with van der Waals surface area (Å²) in [6.07, 6.45) is 1.48. The molecule has 4 N–H and O–H groups in total. The lowest BCUT2D eigenvalue weighted by atomic mass is 9.95. The van der Waals surface area contributed by atoms with Gasteiger partial charge in [0, 0.05) is 13.2 Å². The van der Waals surface area contributed by atoms with Crippen LogP contribution >= 0.6 is 0 Å². The molecule has 6 heteroatoms. The Hall–Kier alpha value is -0.170. The minimum atomic E-state index is -3.60. The molecule has 1 atom stereocenters. The van der Waals surface area contributed by atoms with Crippen LogP contribution in [-0.4, -0.2) is 26.7 Å². The number of nitrogens with two attached hydrogens (primary N) is 1. The number of aliphatic hydroxyl groups excluding tert-OH is 1. The zero-order chi connectivity index (χ0) is 11.2. The van der Waals surface area contributed by atoms with Crippen molar-refractivity contribution in [3.63, 3.8) is 0 Å². The summed E-state index contributed by atoms with van der Waals surface area (Å²) in [5, 5.41) is 13.6. The Morgan fingerprint density at radius 3 is 2.36 bits per heavy atom. The zero-order valence-corrected chi connectivity index (χ0v) is 9.55. The van der Waals surface area contributed by atoms with Crippen LogP contribution < -0.4 is 9.86 Å². The Labute approximate surface area is 85.9 Å². The van der Waals surface area contributed by atoms with Crippen LogP contribution in [0.2, 0.25) is 0 Å². The number of hydrogen-bond donors (Lipinski definition) is 3. The molecule has 0 amide bonds. The van der Waals surface area contributed by atoms with Crippen molar-refractivity contribution in [1.82, 2.24) is 4.72 Å². The second-order valence-electron chi connectivity index (χ2n) is 3.90. The minimum absolute atomic E-state index is 0.0731. The molecule has 0 aromatic heterocycles. The number of hydrogen-bond acceptors (Lipinski definition) is 3. The summed E-state index contributed by atoms with van der Waals surface area (Å²) in [5.74, 6) is 0.632. The molecule has 0 aliphatic heterocycles. The zero-order valence-electron chi connectivity index (χ0n) is 8.73. The summed E-state index contributed by atoms with van der Waals surface area (Å²) in [5.41, 5.74) is 0. The molecule has 0 heterocycles. The fourth-order valence-electron chi connectivity index (χ4n) is 1.39. The van der Waals surface area contributed by atoms with E-state index in [4.69, 9.17) is 10.2 Å². The van der Waals surface area contributed by atoms with Crippen LogP contribution in [0.5, 0.6) is 0 Å². The average molecular weight is 224 g/mol. The monoisotopic (exact) mass is 224 g/mol. The molecule has 0 aliphatic rings. The highest BCUT2D eigenvalue weighted by Crippen LogP contribution is 2.14. The third-order valence-corrected chi connectivity index (χ3v) is 2.48. The van der Waals surface area contributed by atoms with Gasteiger partial charge in [-0.3, -0.25) is 0 Å². The molecule has 14 heavy (non-hydrogen) atoms. The van der Waals surface area contributed by atoms with Gasteiger partial charge in [-0.05, 0) is 24.7 Å². The van der Waals surface area contributed by atoms with E-state index in [0.717, 1.165) is 6.42 Å². The molecule has 0 fully saturated rings. The molecule has 0 aliphatic carbocycles. The van der Waals surface area contributed by atoms with E-state index in [-0.39, 0.29) is 12.5 Å². The highest BCUT2D eigenvalue weighted by molar-refractivity contribution is 7.87. The number of nitrogens with one attached hydrogen (secondary N) is 1. The molecular formula is C8H20N2O3S. The van der Waals surface area contributed by atoms with E-state index in [0.29, 0.717) is 18.9 Å². The standard InChI is InChI=1S/C8H20N2O3S/c1-7(2)5-8(3-4-11)6-10-14(9,12)13/h7-8,10-11H,3-6H2,1-2H3,(H2,9,12,13). The quantitative estimate of drug-likeness (QED) is 0.560. The van der Waals surface area contributed by atoms with Gasteiger partial charge in [-0.25, -0.2) is 9.86 Å². The molecule has 0 saturated carbocycles. The summed E-state index contributed by atoms with van der Waals surface area (Å²) >= 11 is 0. The fourth-order valence-corrected chi connectivity index (χ4v) is 1.85. The van der Waals surface area contributed by atoms with E-state index in [1.54, 1.807) is 0 Å². The van der Waals surface area contributed by atoms with Crippen molar-refractivity contribution in [2.75, 3.05) is 13.2 Å². The lowest BCUT2D eigenvalue weighted by molar-refractivity contribution is 0.243. The first-order valence-corrected chi connectivity index (χ1v) is 6.28. The van der Waals surface area contributed by atoms with Crippen LogP contribution in [0.15, 0.2) is 0 Å². The van der Waals surface area contributed by atoms with Crippen LogP contribution in [0.1, 0.15) is 26.7 Å². The van der Waals surface area contributed by atoms with Crippen molar-refractivity contribution >= 4 is 10.2 Å². The highest BCUT2D eigenvalue weighted by Gasteiger charge is 2.12. The van der Waals surface area contributed by atoms with Crippen LogP contribution in [0, 0.1) is 11.8 Å². The first-order valence-electron chi connectivity index (χ1n) is 4.73. The summed E-state index contributed by atoms with van der Waals surface area (Å²) in [4.78, 5) is 0.